The largest absolute Gasteiger partial charge is 0.314 e. The van der Waals surface area contributed by atoms with Gasteiger partial charge in [-0.15, -0.1) is 11.3 Å². The van der Waals surface area contributed by atoms with Gasteiger partial charge in [0.25, 0.3) is 11.8 Å². The molecule has 0 fully saturated rings. The van der Waals surface area contributed by atoms with Gasteiger partial charge in [-0.2, -0.15) is 0 Å². The van der Waals surface area contributed by atoms with Gasteiger partial charge in [-0.05, 0) is 29.7 Å². The van der Waals surface area contributed by atoms with E-state index in [1.54, 1.807) is 30.2 Å². The Bertz CT molecular complexity index is 852. The lowest BCUT2D eigenvalue weighted by Crippen LogP contribution is -2.50. The molecule has 4 rings (SSSR count). The van der Waals surface area contributed by atoms with Gasteiger partial charge in [0.2, 0.25) is 5.96 Å². The first-order valence-electron chi connectivity index (χ1n) is 6.72. The standard InChI is InChI=1S/C16H11N3O2S/c1-18-13-7-3-2-6-11(13)14(20)19-15(21)12(17-16(18)19)9-10-5-4-8-22-10/h2-9H,1H3/b12-9+. The Morgan fingerprint density at radius 3 is 2.68 bits per heavy atom. The number of guanidine groups is 1. The van der Waals surface area contributed by atoms with Crippen molar-refractivity contribution in [3.63, 3.8) is 0 Å². The molecule has 0 saturated carbocycles. The highest BCUT2D eigenvalue weighted by Gasteiger charge is 2.42. The van der Waals surface area contributed by atoms with E-state index in [9.17, 15) is 9.59 Å². The molecule has 1 aromatic carbocycles. The average molecular weight is 309 g/mol. The van der Waals surface area contributed by atoms with Crippen LogP contribution in [0.15, 0.2) is 52.5 Å². The van der Waals surface area contributed by atoms with Gasteiger partial charge in [-0.1, -0.05) is 18.2 Å². The number of hydrogen-bond donors (Lipinski definition) is 0. The molecule has 0 saturated heterocycles. The Morgan fingerprint density at radius 1 is 1.09 bits per heavy atom. The van der Waals surface area contributed by atoms with Gasteiger partial charge in [0.1, 0.15) is 5.70 Å². The van der Waals surface area contributed by atoms with Crippen molar-refractivity contribution in [3.05, 3.63) is 57.9 Å². The number of anilines is 1. The smallest absolute Gasteiger partial charge is 0.286 e. The summed E-state index contributed by atoms with van der Waals surface area (Å²) in [4.78, 5) is 33.3. The van der Waals surface area contributed by atoms with Crippen LogP contribution in [0.5, 0.6) is 0 Å². The Hall–Kier alpha value is -2.73. The molecule has 1 aromatic heterocycles. The van der Waals surface area contributed by atoms with Crippen LogP contribution in [-0.2, 0) is 4.79 Å². The van der Waals surface area contributed by atoms with Crippen molar-refractivity contribution in [2.24, 2.45) is 4.99 Å². The molecule has 5 nitrogen and oxygen atoms in total. The number of carbonyl (C=O) groups is 2. The zero-order valence-electron chi connectivity index (χ0n) is 11.7. The van der Waals surface area contributed by atoms with Crippen LogP contribution in [0.4, 0.5) is 5.69 Å². The first-order valence-corrected chi connectivity index (χ1v) is 7.60. The predicted octanol–water partition coefficient (Wildman–Crippen LogP) is 2.58. The topological polar surface area (TPSA) is 53.0 Å². The quantitative estimate of drug-likeness (QED) is 0.601. The van der Waals surface area contributed by atoms with E-state index in [0.29, 0.717) is 11.5 Å². The molecule has 0 atom stereocenters. The lowest BCUT2D eigenvalue weighted by molar-refractivity contribution is -0.121. The van der Waals surface area contributed by atoms with E-state index < -0.39 is 0 Å². The summed E-state index contributed by atoms with van der Waals surface area (Å²) in [7, 11) is 1.80. The van der Waals surface area contributed by atoms with Crippen molar-refractivity contribution >= 4 is 40.9 Å². The van der Waals surface area contributed by atoms with Gasteiger partial charge in [0, 0.05) is 11.9 Å². The lowest BCUT2D eigenvalue weighted by Gasteiger charge is -2.31. The molecule has 6 heteroatoms. The molecule has 2 aromatic rings. The van der Waals surface area contributed by atoms with E-state index in [1.165, 1.54) is 11.3 Å². The molecule has 2 amide bonds. The number of rotatable bonds is 1. The van der Waals surface area contributed by atoms with Gasteiger partial charge < -0.3 is 4.90 Å². The Balaban J connectivity index is 1.83. The minimum Gasteiger partial charge on any atom is -0.314 e. The van der Waals surface area contributed by atoms with Crippen molar-refractivity contribution in [2.75, 3.05) is 11.9 Å². The van der Waals surface area contributed by atoms with Gasteiger partial charge in [-0.25, -0.2) is 9.89 Å². The third-order valence-electron chi connectivity index (χ3n) is 3.66. The summed E-state index contributed by atoms with van der Waals surface area (Å²) in [5, 5.41) is 1.93. The van der Waals surface area contributed by atoms with E-state index in [4.69, 9.17) is 0 Å². The van der Waals surface area contributed by atoms with Crippen molar-refractivity contribution in [3.8, 4) is 0 Å². The van der Waals surface area contributed by atoms with Crippen molar-refractivity contribution in [1.82, 2.24) is 4.90 Å². The van der Waals surface area contributed by atoms with Gasteiger partial charge in [0.05, 0.1) is 11.3 Å². The molecule has 0 aliphatic carbocycles. The zero-order valence-corrected chi connectivity index (χ0v) is 12.5. The van der Waals surface area contributed by atoms with E-state index in [0.717, 1.165) is 15.5 Å². The Kier molecular flexibility index (Phi) is 2.74. The van der Waals surface area contributed by atoms with Gasteiger partial charge in [-0.3, -0.25) is 9.59 Å². The highest BCUT2D eigenvalue weighted by Crippen LogP contribution is 2.32. The van der Waals surface area contributed by atoms with E-state index >= 15 is 0 Å². The maximum atomic E-state index is 12.6. The average Bonchev–Trinajstić information content (AvgIpc) is 3.15. The Morgan fingerprint density at radius 2 is 1.91 bits per heavy atom. The molecule has 0 bridgehead atoms. The van der Waals surface area contributed by atoms with Crippen LogP contribution < -0.4 is 4.90 Å². The second kappa shape index (κ2) is 4.64. The number of hydrogen-bond acceptors (Lipinski definition) is 5. The van der Waals surface area contributed by atoms with Crippen LogP contribution in [0.1, 0.15) is 15.2 Å². The second-order valence-electron chi connectivity index (χ2n) is 4.98. The molecule has 108 valence electrons. The molecule has 22 heavy (non-hydrogen) atoms. The third kappa shape index (κ3) is 1.74. The number of fused-ring (bicyclic) bond motifs is 2. The molecule has 0 N–H and O–H groups in total. The number of carbonyl (C=O) groups excluding carboxylic acids is 2. The number of thiophene rings is 1. The van der Waals surface area contributed by atoms with Crippen LogP contribution in [0, 0.1) is 0 Å². The van der Waals surface area contributed by atoms with Crippen molar-refractivity contribution in [2.45, 2.75) is 0 Å². The summed E-state index contributed by atoms with van der Waals surface area (Å²) in [6, 6.07) is 11.0. The minimum atomic E-state index is -0.380. The van der Waals surface area contributed by atoms with E-state index in [-0.39, 0.29) is 17.5 Å². The molecule has 2 aliphatic rings. The highest BCUT2D eigenvalue weighted by atomic mass is 32.1. The molecule has 0 spiro atoms. The van der Waals surface area contributed by atoms with Crippen LogP contribution >= 0.6 is 11.3 Å². The van der Waals surface area contributed by atoms with Crippen LogP contribution in [0.25, 0.3) is 6.08 Å². The molecule has 0 unspecified atom stereocenters. The first kappa shape index (κ1) is 13.0. The van der Waals surface area contributed by atoms with Crippen LogP contribution in [-0.4, -0.2) is 29.7 Å². The molecular formula is C16H11N3O2S. The normalized spacial score (nSPS) is 18.6. The number of benzene rings is 1. The fourth-order valence-electron chi connectivity index (χ4n) is 2.60. The van der Waals surface area contributed by atoms with E-state index in [1.807, 2.05) is 29.6 Å². The third-order valence-corrected chi connectivity index (χ3v) is 4.48. The number of aliphatic imine (C=N–C) groups is 1. The Labute approximate surface area is 130 Å². The molecule has 3 heterocycles. The van der Waals surface area contributed by atoms with Gasteiger partial charge in [0.15, 0.2) is 0 Å². The molecule has 0 radical (unpaired) electrons. The fourth-order valence-corrected chi connectivity index (χ4v) is 3.25. The predicted molar refractivity (Wildman–Crippen MR) is 85.8 cm³/mol. The monoisotopic (exact) mass is 309 g/mol. The fraction of sp³-hybridized carbons (Fsp3) is 0.0625. The summed E-state index contributed by atoms with van der Waals surface area (Å²) in [6.07, 6.45) is 1.71. The van der Waals surface area contributed by atoms with Crippen molar-refractivity contribution < 1.29 is 9.59 Å². The summed E-state index contributed by atoms with van der Waals surface area (Å²) in [5.74, 6) is -0.349. The summed E-state index contributed by atoms with van der Waals surface area (Å²) < 4.78 is 0. The maximum Gasteiger partial charge on any atom is 0.286 e. The summed E-state index contributed by atoms with van der Waals surface area (Å²) >= 11 is 1.52. The maximum absolute atomic E-state index is 12.6. The van der Waals surface area contributed by atoms with E-state index in [2.05, 4.69) is 4.99 Å². The number of amides is 2. The SMILES string of the molecule is CN1C2=N/C(=C/c3cccs3)C(=O)N2C(=O)c2ccccc21. The molecule has 2 aliphatic heterocycles. The summed E-state index contributed by atoms with van der Waals surface area (Å²) in [5.41, 5.74) is 1.55. The molecular weight excluding hydrogens is 298 g/mol. The zero-order chi connectivity index (χ0) is 15.3. The number of para-hydroxylation sites is 1. The lowest BCUT2D eigenvalue weighted by atomic mass is 10.1. The first-order chi connectivity index (χ1) is 10.7. The minimum absolute atomic E-state index is 0.283. The van der Waals surface area contributed by atoms with Crippen molar-refractivity contribution in [1.29, 1.82) is 0 Å². The summed E-state index contributed by atoms with van der Waals surface area (Å²) in [6.45, 7) is 0. The van der Waals surface area contributed by atoms with Gasteiger partial charge >= 0.3 is 0 Å². The van der Waals surface area contributed by atoms with Crippen LogP contribution in [0.2, 0.25) is 0 Å². The number of imide groups is 1. The highest BCUT2D eigenvalue weighted by molar-refractivity contribution is 7.10. The number of nitrogens with zero attached hydrogens (tertiary/aromatic N) is 3. The van der Waals surface area contributed by atoms with Crippen LogP contribution in [0.3, 0.4) is 0 Å². The second-order valence-corrected chi connectivity index (χ2v) is 5.96.